The van der Waals surface area contributed by atoms with E-state index in [1.807, 2.05) is 0 Å². The zero-order valence-electron chi connectivity index (χ0n) is 8.17. The first kappa shape index (κ1) is 12.3. The maximum absolute atomic E-state index is 11.4. The van der Waals surface area contributed by atoms with Crippen molar-refractivity contribution in [3.8, 4) is 0 Å². The Morgan fingerprint density at radius 1 is 1.40 bits per heavy atom. The Kier molecular flexibility index (Phi) is 4.39. The van der Waals surface area contributed by atoms with Crippen molar-refractivity contribution in [1.29, 1.82) is 0 Å². The van der Waals surface area contributed by atoms with Gasteiger partial charge in [0.15, 0.2) is 0 Å². The molecule has 82 valence electrons. The van der Waals surface area contributed by atoms with Crippen LogP contribution in [0.3, 0.4) is 0 Å². The first-order chi connectivity index (χ1) is 7.08. The van der Waals surface area contributed by atoms with Crippen LogP contribution in [-0.2, 0) is 9.53 Å². The summed E-state index contributed by atoms with van der Waals surface area (Å²) in [5, 5.41) is 0.944. The van der Waals surface area contributed by atoms with E-state index in [1.54, 1.807) is 18.2 Å². The van der Waals surface area contributed by atoms with Crippen LogP contribution in [0.1, 0.15) is 11.5 Å². The van der Waals surface area contributed by atoms with Gasteiger partial charge in [0.1, 0.15) is 0 Å². The summed E-state index contributed by atoms with van der Waals surface area (Å²) in [6.07, 6.45) is 0. The molecule has 0 fully saturated rings. The normalized spacial score (nSPS) is 12.3. The van der Waals surface area contributed by atoms with Gasteiger partial charge in [0.25, 0.3) is 0 Å². The molecule has 0 aliphatic rings. The van der Waals surface area contributed by atoms with Crippen LogP contribution in [0.2, 0.25) is 10.0 Å². The fourth-order valence-electron chi connectivity index (χ4n) is 1.29. The van der Waals surface area contributed by atoms with Crippen molar-refractivity contribution >= 4 is 29.2 Å². The lowest BCUT2D eigenvalue weighted by Gasteiger charge is -2.13. The third-order valence-electron chi connectivity index (χ3n) is 2.01. The van der Waals surface area contributed by atoms with Crippen LogP contribution >= 0.6 is 23.2 Å². The first-order valence-corrected chi connectivity index (χ1v) is 5.08. The number of methoxy groups -OCH3 is 1. The topological polar surface area (TPSA) is 52.3 Å². The maximum Gasteiger partial charge on any atom is 0.314 e. The molecule has 1 aromatic carbocycles. The minimum absolute atomic E-state index is 0.156. The van der Waals surface area contributed by atoms with Crippen molar-refractivity contribution in [2.24, 2.45) is 5.73 Å². The molecule has 0 saturated carbocycles. The van der Waals surface area contributed by atoms with E-state index in [2.05, 4.69) is 4.74 Å². The Balaban J connectivity index is 3.06. The van der Waals surface area contributed by atoms with Gasteiger partial charge >= 0.3 is 5.97 Å². The van der Waals surface area contributed by atoms with Gasteiger partial charge in [0.2, 0.25) is 0 Å². The van der Waals surface area contributed by atoms with Gasteiger partial charge in [-0.05, 0) is 23.8 Å². The lowest BCUT2D eigenvalue weighted by Crippen LogP contribution is -2.22. The number of rotatable bonds is 3. The van der Waals surface area contributed by atoms with Crippen LogP contribution in [0.4, 0.5) is 0 Å². The van der Waals surface area contributed by atoms with E-state index < -0.39 is 11.9 Å². The van der Waals surface area contributed by atoms with Crippen molar-refractivity contribution < 1.29 is 9.53 Å². The van der Waals surface area contributed by atoms with E-state index in [1.165, 1.54) is 7.11 Å². The second kappa shape index (κ2) is 5.35. The number of benzene rings is 1. The molecule has 15 heavy (non-hydrogen) atoms. The summed E-state index contributed by atoms with van der Waals surface area (Å²) in [6.45, 7) is 0.156. The van der Waals surface area contributed by atoms with Gasteiger partial charge in [0.05, 0.1) is 13.0 Å². The average molecular weight is 248 g/mol. The van der Waals surface area contributed by atoms with Gasteiger partial charge in [-0.2, -0.15) is 0 Å². The molecule has 1 unspecified atom stereocenters. The Morgan fingerprint density at radius 3 is 2.33 bits per heavy atom. The highest BCUT2D eigenvalue weighted by atomic mass is 35.5. The molecule has 1 rings (SSSR count). The Labute approximate surface area is 98.1 Å². The maximum atomic E-state index is 11.4. The smallest absolute Gasteiger partial charge is 0.314 e. The molecule has 1 atom stereocenters. The molecule has 0 radical (unpaired) electrons. The van der Waals surface area contributed by atoms with E-state index in [4.69, 9.17) is 28.9 Å². The van der Waals surface area contributed by atoms with Crippen LogP contribution < -0.4 is 5.73 Å². The van der Waals surface area contributed by atoms with Crippen LogP contribution in [-0.4, -0.2) is 19.6 Å². The zero-order valence-corrected chi connectivity index (χ0v) is 9.68. The van der Waals surface area contributed by atoms with E-state index in [0.29, 0.717) is 15.6 Å². The van der Waals surface area contributed by atoms with Gasteiger partial charge in [0, 0.05) is 16.6 Å². The number of hydrogen-bond acceptors (Lipinski definition) is 3. The fourth-order valence-corrected chi connectivity index (χ4v) is 1.83. The quantitative estimate of drug-likeness (QED) is 0.834. The fraction of sp³-hybridized carbons (Fsp3) is 0.300. The molecule has 0 aliphatic carbocycles. The number of halogens is 2. The van der Waals surface area contributed by atoms with E-state index in [-0.39, 0.29) is 6.54 Å². The standard InChI is InChI=1S/C10H11Cl2NO2/c1-15-10(14)9(5-13)6-2-7(11)4-8(12)3-6/h2-4,9H,5,13H2,1H3. The minimum Gasteiger partial charge on any atom is -0.469 e. The van der Waals surface area contributed by atoms with Crippen molar-refractivity contribution in [3.63, 3.8) is 0 Å². The van der Waals surface area contributed by atoms with Crippen molar-refractivity contribution in [1.82, 2.24) is 0 Å². The molecular formula is C10H11Cl2NO2. The predicted molar refractivity (Wildman–Crippen MR) is 60.3 cm³/mol. The molecule has 2 N–H and O–H groups in total. The molecular weight excluding hydrogens is 237 g/mol. The summed E-state index contributed by atoms with van der Waals surface area (Å²) < 4.78 is 4.63. The molecule has 3 nitrogen and oxygen atoms in total. The van der Waals surface area contributed by atoms with E-state index in [0.717, 1.165) is 0 Å². The van der Waals surface area contributed by atoms with Gasteiger partial charge in [-0.1, -0.05) is 23.2 Å². The molecule has 0 spiro atoms. The second-order valence-corrected chi connectivity index (χ2v) is 3.89. The molecule has 5 heteroatoms. The van der Waals surface area contributed by atoms with Crippen molar-refractivity contribution in [2.45, 2.75) is 5.92 Å². The Morgan fingerprint density at radius 2 is 1.93 bits per heavy atom. The summed E-state index contributed by atoms with van der Waals surface area (Å²) in [5.41, 5.74) is 6.16. The largest absolute Gasteiger partial charge is 0.469 e. The van der Waals surface area contributed by atoms with Gasteiger partial charge < -0.3 is 10.5 Å². The Bertz CT molecular complexity index is 348. The number of carbonyl (C=O) groups excluding carboxylic acids is 1. The molecule has 0 amide bonds. The second-order valence-electron chi connectivity index (χ2n) is 3.01. The first-order valence-electron chi connectivity index (χ1n) is 4.32. The predicted octanol–water partition coefficient (Wildman–Crippen LogP) is 2.21. The summed E-state index contributed by atoms with van der Waals surface area (Å²) in [4.78, 5) is 11.4. The van der Waals surface area contributed by atoms with Gasteiger partial charge in [-0.3, -0.25) is 4.79 Å². The summed E-state index contributed by atoms with van der Waals surface area (Å²) in [6, 6.07) is 4.90. The SMILES string of the molecule is COC(=O)C(CN)c1cc(Cl)cc(Cl)c1. The summed E-state index contributed by atoms with van der Waals surface area (Å²) in [7, 11) is 1.32. The molecule has 0 bridgehead atoms. The average Bonchev–Trinajstić information content (AvgIpc) is 2.17. The molecule has 0 saturated heterocycles. The number of hydrogen-bond donors (Lipinski definition) is 1. The third-order valence-corrected chi connectivity index (χ3v) is 2.45. The summed E-state index contributed by atoms with van der Waals surface area (Å²) in [5.74, 6) is -0.915. The Hall–Kier alpha value is -0.770. The monoisotopic (exact) mass is 247 g/mol. The third kappa shape index (κ3) is 3.09. The number of carbonyl (C=O) groups is 1. The molecule has 0 heterocycles. The van der Waals surface area contributed by atoms with Crippen molar-refractivity contribution in [2.75, 3.05) is 13.7 Å². The molecule has 1 aromatic rings. The van der Waals surface area contributed by atoms with E-state index in [9.17, 15) is 4.79 Å². The van der Waals surface area contributed by atoms with Crippen LogP contribution in [0, 0.1) is 0 Å². The van der Waals surface area contributed by atoms with Crippen LogP contribution in [0.5, 0.6) is 0 Å². The number of nitrogens with two attached hydrogens (primary N) is 1. The molecule has 0 aromatic heterocycles. The molecule has 0 aliphatic heterocycles. The highest BCUT2D eigenvalue weighted by Crippen LogP contribution is 2.25. The van der Waals surface area contributed by atoms with Gasteiger partial charge in [-0.25, -0.2) is 0 Å². The van der Waals surface area contributed by atoms with Crippen LogP contribution in [0.25, 0.3) is 0 Å². The number of esters is 1. The zero-order chi connectivity index (χ0) is 11.4. The summed E-state index contributed by atoms with van der Waals surface area (Å²) >= 11 is 11.6. The van der Waals surface area contributed by atoms with Crippen LogP contribution in [0.15, 0.2) is 18.2 Å². The van der Waals surface area contributed by atoms with E-state index >= 15 is 0 Å². The highest BCUT2D eigenvalue weighted by Gasteiger charge is 2.20. The highest BCUT2D eigenvalue weighted by molar-refractivity contribution is 6.34. The number of ether oxygens (including phenoxy) is 1. The minimum atomic E-state index is -0.522. The van der Waals surface area contributed by atoms with Gasteiger partial charge in [-0.15, -0.1) is 0 Å². The van der Waals surface area contributed by atoms with Crippen molar-refractivity contribution in [3.05, 3.63) is 33.8 Å². The lowest BCUT2D eigenvalue weighted by atomic mass is 9.99. The lowest BCUT2D eigenvalue weighted by molar-refractivity contribution is -0.142.